The minimum atomic E-state index is -0.598. The van der Waals surface area contributed by atoms with Crippen molar-refractivity contribution < 1.29 is 24.0 Å². The van der Waals surface area contributed by atoms with Crippen LogP contribution in [0.2, 0.25) is 0 Å². The Hall–Kier alpha value is -3.05. The standard InChI is InChI=1S/C19H21N3O6S2/c1-5-27-17(23)14-11(4)15(18(24)28-6-2)30-16(14)21-19(29)20-12-8-7-9-13(10(12)3)22(25)26/h7-9H,5-6H2,1-4H3,(H2,20,21,29). The predicted octanol–water partition coefficient (Wildman–Crippen LogP) is 4.44. The van der Waals surface area contributed by atoms with Crippen LogP contribution >= 0.6 is 23.6 Å². The van der Waals surface area contributed by atoms with Gasteiger partial charge in [0.1, 0.15) is 9.88 Å². The molecule has 2 rings (SSSR count). The molecule has 0 atom stereocenters. The number of ether oxygens (including phenoxy) is 2. The molecule has 30 heavy (non-hydrogen) atoms. The van der Waals surface area contributed by atoms with E-state index in [4.69, 9.17) is 21.7 Å². The number of nitrogens with zero attached hydrogens (tertiary/aromatic N) is 1. The van der Waals surface area contributed by atoms with E-state index in [1.54, 1.807) is 33.8 Å². The fraction of sp³-hybridized carbons (Fsp3) is 0.316. The summed E-state index contributed by atoms with van der Waals surface area (Å²) in [6, 6.07) is 4.57. The summed E-state index contributed by atoms with van der Waals surface area (Å²) in [5, 5.41) is 17.3. The molecule has 160 valence electrons. The van der Waals surface area contributed by atoms with Crippen molar-refractivity contribution in [1.82, 2.24) is 0 Å². The Kier molecular flexibility index (Phi) is 7.84. The number of esters is 2. The molecule has 0 radical (unpaired) electrons. The normalized spacial score (nSPS) is 10.3. The number of nitro benzene ring substituents is 1. The Morgan fingerprint density at radius 1 is 1.10 bits per heavy atom. The minimum absolute atomic E-state index is 0.0495. The van der Waals surface area contributed by atoms with Crippen molar-refractivity contribution >= 4 is 57.0 Å². The van der Waals surface area contributed by atoms with Gasteiger partial charge in [0.05, 0.1) is 35.0 Å². The lowest BCUT2D eigenvalue weighted by molar-refractivity contribution is -0.385. The van der Waals surface area contributed by atoms with Crippen LogP contribution in [0, 0.1) is 24.0 Å². The Morgan fingerprint density at radius 2 is 1.73 bits per heavy atom. The maximum Gasteiger partial charge on any atom is 0.348 e. The number of hydrogen-bond donors (Lipinski definition) is 2. The largest absolute Gasteiger partial charge is 0.462 e. The maximum atomic E-state index is 12.4. The summed E-state index contributed by atoms with van der Waals surface area (Å²) in [5.41, 5.74) is 1.41. The molecular formula is C19H21N3O6S2. The van der Waals surface area contributed by atoms with Crippen LogP contribution in [0.4, 0.5) is 16.4 Å². The van der Waals surface area contributed by atoms with Crippen molar-refractivity contribution in [3.05, 3.63) is 49.9 Å². The van der Waals surface area contributed by atoms with Crippen LogP contribution in [-0.2, 0) is 9.47 Å². The molecule has 0 bridgehead atoms. The molecule has 0 aliphatic carbocycles. The highest BCUT2D eigenvalue weighted by Gasteiger charge is 2.27. The highest BCUT2D eigenvalue weighted by atomic mass is 32.1. The molecule has 0 unspecified atom stereocenters. The molecule has 0 amide bonds. The van der Waals surface area contributed by atoms with Crippen molar-refractivity contribution in [2.75, 3.05) is 23.8 Å². The summed E-state index contributed by atoms with van der Waals surface area (Å²) < 4.78 is 10.1. The van der Waals surface area contributed by atoms with Gasteiger partial charge in [0, 0.05) is 6.07 Å². The molecular weight excluding hydrogens is 430 g/mol. The van der Waals surface area contributed by atoms with Gasteiger partial charge in [-0.15, -0.1) is 11.3 Å². The average molecular weight is 452 g/mol. The Balaban J connectivity index is 2.35. The van der Waals surface area contributed by atoms with Crippen LogP contribution in [0.15, 0.2) is 18.2 Å². The predicted molar refractivity (Wildman–Crippen MR) is 119 cm³/mol. The molecule has 1 aromatic carbocycles. The molecule has 2 aromatic rings. The van der Waals surface area contributed by atoms with Crippen molar-refractivity contribution in [3.8, 4) is 0 Å². The van der Waals surface area contributed by atoms with Crippen LogP contribution in [0.1, 0.15) is 45.0 Å². The van der Waals surface area contributed by atoms with E-state index in [9.17, 15) is 19.7 Å². The zero-order chi connectivity index (χ0) is 22.4. The summed E-state index contributed by atoms with van der Waals surface area (Å²) >= 11 is 6.33. The third-order valence-electron chi connectivity index (χ3n) is 4.06. The van der Waals surface area contributed by atoms with Gasteiger partial charge in [-0.1, -0.05) is 6.07 Å². The zero-order valence-electron chi connectivity index (χ0n) is 16.9. The summed E-state index contributed by atoms with van der Waals surface area (Å²) in [6.07, 6.45) is 0. The van der Waals surface area contributed by atoms with Crippen LogP contribution in [0.5, 0.6) is 0 Å². The number of thiophene rings is 1. The molecule has 0 saturated heterocycles. The van der Waals surface area contributed by atoms with E-state index < -0.39 is 16.9 Å². The fourth-order valence-electron chi connectivity index (χ4n) is 2.66. The quantitative estimate of drug-likeness (QED) is 0.272. The summed E-state index contributed by atoms with van der Waals surface area (Å²) in [7, 11) is 0. The Bertz CT molecular complexity index is 1000. The topological polar surface area (TPSA) is 120 Å². The van der Waals surface area contributed by atoms with Crippen LogP contribution < -0.4 is 10.6 Å². The van der Waals surface area contributed by atoms with Crippen molar-refractivity contribution in [2.24, 2.45) is 0 Å². The van der Waals surface area contributed by atoms with Gasteiger partial charge in [-0.2, -0.15) is 0 Å². The SMILES string of the molecule is CCOC(=O)c1sc(NC(=S)Nc2cccc([N+](=O)[O-])c2C)c(C(=O)OCC)c1C. The Labute approximate surface area is 182 Å². The second kappa shape index (κ2) is 10.1. The maximum absolute atomic E-state index is 12.4. The second-order valence-electron chi connectivity index (χ2n) is 5.99. The molecule has 0 fully saturated rings. The van der Waals surface area contributed by atoms with Crippen LogP contribution in [0.25, 0.3) is 0 Å². The van der Waals surface area contributed by atoms with Crippen molar-refractivity contribution in [1.29, 1.82) is 0 Å². The third kappa shape index (κ3) is 5.10. The molecule has 1 aromatic heterocycles. The number of carbonyl (C=O) groups is 2. The number of hydrogen-bond acceptors (Lipinski definition) is 8. The van der Waals surface area contributed by atoms with E-state index in [1.165, 1.54) is 12.1 Å². The highest BCUT2D eigenvalue weighted by Crippen LogP contribution is 2.34. The van der Waals surface area contributed by atoms with E-state index in [0.29, 0.717) is 21.8 Å². The van der Waals surface area contributed by atoms with Crippen LogP contribution in [-0.4, -0.2) is 35.2 Å². The first-order valence-corrected chi connectivity index (χ1v) is 10.2. The Morgan fingerprint density at radius 3 is 2.33 bits per heavy atom. The molecule has 1 heterocycles. The molecule has 0 spiro atoms. The minimum Gasteiger partial charge on any atom is -0.462 e. The average Bonchev–Trinajstić information content (AvgIpc) is 2.99. The second-order valence-corrected chi connectivity index (χ2v) is 7.42. The first-order valence-electron chi connectivity index (χ1n) is 9.00. The van der Waals surface area contributed by atoms with Gasteiger partial charge in [0.25, 0.3) is 5.69 Å². The van der Waals surface area contributed by atoms with Gasteiger partial charge in [0.15, 0.2) is 5.11 Å². The van der Waals surface area contributed by atoms with E-state index in [0.717, 1.165) is 11.3 Å². The van der Waals surface area contributed by atoms with Crippen molar-refractivity contribution in [2.45, 2.75) is 27.7 Å². The van der Waals surface area contributed by atoms with Gasteiger partial charge in [0.2, 0.25) is 0 Å². The number of nitro groups is 1. The van der Waals surface area contributed by atoms with E-state index in [2.05, 4.69) is 10.6 Å². The van der Waals surface area contributed by atoms with Gasteiger partial charge in [-0.25, -0.2) is 9.59 Å². The molecule has 0 aliphatic heterocycles. The molecule has 2 N–H and O–H groups in total. The summed E-state index contributed by atoms with van der Waals surface area (Å²) in [5.74, 6) is -1.15. The van der Waals surface area contributed by atoms with E-state index in [-0.39, 0.29) is 34.5 Å². The lowest BCUT2D eigenvalue weighted by atomic mass is 10.1. The monoisotopic (exact) mass is 451 g/mol. The molecule has 0 saturated carbocycles. The molecule has 11 heteroatoms. The first-order chi connectivity index (χ1) is 14.2. The van der Waals surface area contributed by atoms with Gasteiger partial charge in [-0.3, -0.25) is 10.1 Å². The first kappa shape index (κ1) is 23.2. The van der Waals surface area contributed by atoms with Gasteiger partial charge < -0.3 is 20.1 Å². The number of rotatable bonds is 7. The molecule has 9 nitrogen and oxygen atoms in total. The number of carbonyl (C=O) groups excluding carboxylic acids is 2. The third-order valence-corrected chi connectivity index (χ3v) is 5.46. The van der Waals surface area contributed by atoms with Gasteiger partial charge in [-0.05, 0) is 51.5 Å². The number of nitrogens with one attached hydrogen (secondary N) is 2. The number of anilines is 2. The fourth-order valence-corrected chi connectivity index (χ4v) is 4.03. The van der Waals surface area contributed by atoms with Crippen molar-refractivity contribution in [3.63, 3.8) is 0 Å². The van der Waals surface area contributed by atoms with Gasteiger partial charge >= 0.3 is 11.9 Å². The summed E-state index contributed by atoms with van der Waals surface area (Å²) in [6.45, 7) is 6.95. The lowest BCUT2D eigenvalue weighted by Gasteiger charge is -2.12. The lowest BCUT2D eigenvalue weighted by Crippen LogP contribution is -2.21. The number of thiocarbonyl (C=S) groups is 1. The highest BCUT2D eigenvalue weighted by molar-refractivity contribution is 7.80. The van der Waals surface area contributed by atoms with E-state index >= 15 is 0 Å². The molecule has 0 aliphatic rings. The van der Waals surface area contributed by atoms with Crippen LogP contribution in [0.3, 0.4) is 0 Å². The zero-order valence-corrected chi connectivity index (χ0v) is 18.5. The van der Waals surface area contributed by atoms with E-state index in [1.807, 2.05) is 0 Å². The summed E-state index contributed by atoms with van der Waals surface area (Å²) in [4.78, 5) is 35.6. The number of benzene rings is 1. The smallest absolute Gasteiger partial charge is 0.348 e.